The minimum atomic E-state index is -1.28. The van der Waals surface area contributed by atoms with E-state index in [1.807, 2.05) is 20.8 Å². The van der Waals surface area contributed by atoms with Crippen LogP contribution in [-0.2, 0) is 11.4 Å². The minimum absolute atomic E-state index is 0.375. The van der Waals surface area contributed by atoms with E-state index in [9.17, 15) is 4.55 Å². The molecule has 0 aliphatic rings. The Hall–Kier alpha value is -0.720. The van der Waals surface area contributed by atoms with Crippen molar-refractivity contribution in [3.8, 4) is 11.5 Å². The van der Waals surface area contributed by atoms with Gasteiger partial charge < -0.3 is 14.0 Å². The van der Waals surface area contributed by atoms with Crippen molar-refractivity contribution in [3.05, 3.63) is 22.2 Å². The summed E-state index contributed by atoms with van der Waals surface area (Å²) in [5.41, 5.74) is 0.773. The van der Waals surface area contributed by atoms with Crippen molar-refractivity contribution in [2.24, 2.45) is 4.40 Å². The van der Waals surface area contributed by atoms with Gasteiger partial charge in [-0.3, -0.25) is 0 Å². The summed E-state index contributed by atoms with van der Waals surface area (Å²) in [6.07, 6.45) is 1.57. The van der Waals surface area contributed by atoms with E-state index in [1.54, 1.807) is 32.6 Å². The van der Waals surface area contributed by atoms with Crippen molar-refractivity contribution in [1.82, 2.24) is 0 Å². The summed E-state index contributed by atoms with van der Waals surface area (Å²) in [7, 11) is 3.15. The smallest absolute Gasteiger partial charge is 0.144 e. The van der Waals surface area contributed by atoms with Crippen LogP contribution in [0.15, 0.2) is 21.0 Å². The van der Waals surface area contributed by atoms with E-state index in [-0.39, 0.29) is 4.75 Å². The van der Waals surface area contributed by atoms with Crippen LogP contribution in [0.5, 0.6) is 11.5 Å². The zero-order valence-corrected chi connectivity index (χ0v) is 14.1. The van der Waals surface area contributed by atoms with Gasteiger partial charge in [-0.2, -0.15) is 0 Å². The van der Waals surface area contributed by atoms with Crippen LogP contribution in [0.1, 0.15) is 26.3 Å². The van der Waals surface area contributed by atoms with Crippen LogP contribution in [0.4, 0.5) is 0 Å². The average molecular weight is 348 g/mol. The number of hydrogen-bond acceptors (Lipinski definition) is 4. The molecule has 1 rings (SSSR count). The first-order chi connectivity index (χ1) is 8.79. The van der Waals surface area contributed by atoms with E-state index in [1.165, 1.54) is 0 Å². The minimum Gasteiger partial charge on any atom is -0.591 e. The summed E-state index contributed by atoms with van der Waals surface area (Å²) >= 11 is 2.11. The van der Waals surface area contributed by atoms with Crippen molar-refractivity contribution in [3.63, 3.8) is 0 Å². The highest BCUT2D eigenvalue weighted by atomic mass is 79.9. The van der Waals surface area contributed by atoms with Gasteiger partial charge >= 0.3 is 0 Å². The zero-order chi connectivity index (χ0) is 14.6. The molecule has 1 aromatic carbocycles. The van der Waals surface area contributed by atoms with E-state index in [4.69, 9.17) is 9.47 Å². The van der Waals surface area contributed by atoms with Gasteiger partial charge in [0.05, 0.1) is 20.4 Å². The lowest BCUT2D eigenvalue weighted by molar-refractivity contribution is 0.389. The van der Waals surface area contributed by atoms with Crippen molar-refractivity contribution in [1.29, 1.82) is 0 Å². The highest BCUT2D eigenvalue weighted by Crippen LogP contribution is 2.35. The van der Waals surface area contributed by atoms with Gasteiger partial charge in [0.25, 0.3) is 0 Å². The van der Waals surface area contributed by atoms with Crippen LogP contribution in [0.2, 0.25) is 0 Å². The molecule has 0 saturated carbocycles. The molecule has 0 saturated heterocycles. The van der Waals surface area contributed by atoms with Gasteiger partial charge in [-0.05, 0) is 48.8 Å². The molecular weight excluding hydrogens is 330 g/mol. The third-order valence-electron chi connectivity index (χ3n) is 2.29. The first kappa shape index (κ1) is 16.3. The largest absolute Gasteiger partial charge is 0.591 e. The number of rotatable bonds is 4. The lowest BCUT2D eigenvalue weighted by Gasteiger charge is -2.17. The van der Waals surface area contributed by atoms with E-state index in [0.29, 0.717) is 11.5 Å². The number of nitrogens with zero attached hydrogens (tertiary/aromatic N) is 1. The molecule has 4 nitrogen and oxygen atoms in total. The maximum atomic E-state index is 11.9. The Morgan fingerprint density at radius 3 is 2.05 bits per heavy atom. The SMILES string of the molecule is COc1cc(/C=N/[S@@+]([O-])C(C)(C)C)cc(OC)c1Br. The summed E-state index contributed by atoms with van der Waals surface area (Å²) in [5.74, 6) is 1.28. The molecule has 0 bridgehead atoms. The van der Waals surface area contributed by atoms with Gasteiger partial charge in [-0.15, -0.1) is 0 Å². The number of ether oxygens (including phenoxy) is 2. The summed E-state index contributed by atoms with van der Waals surface area (Å²) in [5, 5.41) is 0. The third kappa shape index (κ3) is 4.40. The van der Waals surface area contributed by atoms with Crippen molar-refractivity contribution < 1.29 is 14.0 Å². The van der Waals surface area contributed by atoms with Crippen LogP contribution < -0.4 is 9.47 Å². The van der Waals surface area contributed by atoms with E-state index >= 15 is 0 Å². The number of hydrogen-bond donors (Lipinski definition) is 0. The normalized spacial score (nSPS) is 13.6. The van der Waals surface area contributed by atoms with Crippen LogP contribution in [0, 0.1) is 0 Å². The van der Waals surface area contributed by atoms with Gasteiger partial charge in [0, 0.05) is 5.56 Å². The third-order valence-corrected chi connectivity index (χ3v) is 4.42. The molecule has 106 valence electrons. The first-order valence-electron chi connectivity index (χ1n) is 5.67. The fraction of sp³-hybridized carbons (Fsp3) is 0.462. The van der Waals surface area contributed by atoms with Crippen LogP contribution in [0.25, 0.3) is 0 Å². The second-order valence-corrected chi connectivity index (χ2v) is 7.56. The van der Waals surface area contributed by atoms with Crippen molar-refractivity contribution in [2.75, 3.05) is 14.2 Å². The number of halogens is 1. The Balaban J connectivity index is 3.05. The Labute approximate surface area is 125 Å². The Kier molecular flexibility index (Phi) is 5.70. The zero-order valence-electron chi connectivity index (χ0n) is 11.7. The first-order valence-corrected chi connectivity index (χ1v) is 7.57. The molecule has 0 N–H and O–H groups in total. The van der Waals surface area contributed by atoms with Crippen molar-refractivity contribution in [2.45, 2.75) is 25.5 Å². The number of methoxy groups -OCH3 is 2. The standard InChI is InChI=1S/C13H18BrNO3S/c1-13(2,3)19(16)15-8-9-6-10(17-4)12(14)11(7-9)18-5/h6-8H,1-5H3/b15-8+/t19-/m0/s1. The lowest BCUT2D eigenvalue weighted by Crippen LogP contribution is -2.25. The molecule has 0 aromatic heterocycles. The van der Waals surface area contributed by atoms with Crippen LogP contribution >= 0.6 is 15.9 Å². The van der Waals surface area contributed by atoms with Crippen LogP contribution in [0.3, 0.4) is 0 Å². The molecule has 0 fully saturated rings. The maximum absolute atomic E-state index is 11.9. The Bertz CT molecular complexity index is 446. The van der Waals surface area contributed by atoms with Gasteiger partial charge in [-0.1, -0.05) is 4.40 Å². The second-order valence-electron chi connectivity index (χ2n) is 4.84. The fourth-order valence-electron chi connectivity index (χ4n) is 1.23. The summed E-state index contributed by atoms with van der Waals surface area (Å²) < 4.78 is 26.8. The predicted molar refractivity (Wildman–Crippen MR) is 82.7 cm³/mol. The molecule has 0 unspecified atom stereocenters. The summed E-state index contributed by atoms with van der Waals surface area (Å²) in [6, 6.07) is 3.60. The summed E-state index contributed by atoms with van der Waals surface area (Å²) in [4.78, 5) is 0. The molecule has 0 aliphatic carbocycles. The van der Waals surface area contributed by atoms with E-state index in [0.717, 1.165) is 10.0 Å². The van der Waals surface area contributed by atoms with E-state index in [2.05, 4.69) is 20.3 Å². The van der Waals surface area contributed by atoms with Gasteiger partial charge in [0.2, 0.25) is 0 Å². The monoisotopic (exact) mass is 347 g/mol. The molecule has 19 heavy (non-hydrogen) atoms. The highest BCUT2D eigenvalue weighted by molar-refractivity contribution is 9.10. The topological polar surface area (TPSA) is 53.9 Å². The Morgan fingerprint density at radius 2 is 1.68 bits per heavy atom. The average Bonchev–Trinajstić information content (AvgIpc) is 2.35. The predicted octanol–water partition coefficient (Wildman–Crippen LogP) is 3.35. The number of benzene rings is 1. The van der Waals surface area contributed by atoms with Gasteiger partial charge in [0.15, 0.2) is 0 Å². The molecule has 0 spiro atoms. The molecular formula is C13H18BrNO3S. The van der Waals surface area contributed by atoms with Crippen molar-refractivity contribution >= 4 is 33.5 Å². The Morgan fingerprint density at radius 1 is 1.21 bits per heavy atom. The molecule has 1 aromatic rings. The summed E-state index contributed by atoms with van der Waals surface area (Å²) in [6.45, 7) is 5.63. The molecule has 0 amide bonds. The molecule has 0 heterocycles. The molecule has 0 aliphatic heterocycles. The lowest BCUT2D eigenvalue weighted by atomic mass is 10.2. The fourth-order valence-corrected chi connectivity index (χ4v) is 2.32. The van der Waals surface area contributed by atoms with E-state index < -0.39 is 11.4 Å². The van der Waals surface area contributed by atoms with Gasteiger partial charge in [0.1, 0.15) is 32.1 Å². The van der Waals surface area contributed by atoms with Gasteiger partial charge in [-0.25, -0.2) is 0 Å². The molecule has 6 heteroatoms. The van der Waals surface area contributed by atoms with Crippen LogP contribution in [-0.4, -0.2) is 29.7 Å². The molecule has 0 radical (unpaired) electrons. The molecule has 1 atom stereocenters. The maximum Gasteiger partial charge on any atom is 0.144 e. The quantitative estimate of drug-likeness (QED) is 0.619. The highest BCUT2D eigenvalue weighted by Gasteiger charge is 2.25. The second kappa shape index (κ2) is 6.63.